The summed E-state index contributed by atoms with van der Waals surface area (Å²) in [6.07, 6.45) is 2.58. The van der Waals surface area contributed by atoms with E-state index >= 15 is 0 Å². The number of ether oxygens (including phenoxy) is 1. The molecule has 1 aliphatic heterocycles. The lowest BCUT2D eigenvalue weighted by atomic mass is 10.2. The van der Waals surface area contributed by atoms with E-state index in [1.54, 1.807) is 24.1 Å². The number of thioether (sulfide) groups is 1. The van der Waals surface area contributed by atoms with Crippen LogP contribution in [0.15, 0.2) is 29.4 Å². The maximum Gasteiger partial charge on any atom is 0.233 e. The Morgan fingerprint density at radius 1 is 1.30 bits per heavy atom. The lowest BCUT2D eigenvalue weighted by molar-refractivity contribution is -0.128. The molecular weight excluding hydrogens is 448 g/mol. The Labute approximate surface area is 184 Å². The second-order valence-electron chi connectivity index (χ2n) is 7.57. The molecule has 30 heavy (non-hydrogen) atoms. The van der Waals surface area contributed by atoms with E-state index in [1.807, 2.05) is 16.7 Å². The molecule has 0 spiro atoms. The molecule has 0 N–H and O–H groups in total. The molecule has 2 aliphatic rings. The second-order valence-corrected chi connectivity index (χ2v) is 11.1. The van der Waals surface area contributed by atoms with Crippen LogP contribution in [-0.4, -0.2) is 64.3 Å². The van der Waals surface area contributed by atoms with Crippen LogP contribution in [0.25, 0.3) is 0 Å². The van der Waals surface area contributed by atoms with Crippen LogP contribution in [0.3, 0.4) is 0 Å². The number of hydrogen-bond acceptors (Lipinski definition) is 7. The standard InChI is InChI=1S/C19H23ClN4O4S2/c1-23(14-8-9-30(26,27)12-14)18(25)11-29-19-22-21-17(24(19)13-6-7-13)10-28-16-5-3-2-4-15(16)20/h2-5,13-14H,6-12H2,1H3/t14-/m0/s1. The molecule has 1 saturated heterocycles. The number of amides is 1. The highest BCUT2D eigenvalue weighted by molar-refractivity contribution is 7.99. The van der Waals surface area contributed by atoms with Gasteiger partial charge in [0.25, 0.3) is 0 Å². The molecule has 2 heterocycles. The summed E-state index contributed by atoms with van der Waals surface area (Å²) in [7, 11) is -1.36. The number of aromatic nitrogens is 3. The van der Waals surface area contributed by atoms with Crippen LogP contribution in [-0.2, 0) is 21.2 Å². The Kier molecular flexibility index (Phi) is 6.26. The number of para-hydroxylation sites is 1. The molecule has 4 rings (SSSR count). The van der Waals surface area contributed by atoms with E-state index in [-0.39, 0.29) is 35.8 Å². The zero-order valence-electron chi connectivity index (χ0n) is 16.5. The SMILES string of the molecule is CN(C(=O)CSc1nnc(COc2ccccc2Cl)n1C1CC1)[C@H]1CCS(=O)(=O)C1. The van der Waals surface area contributed by atoms with Crippen molar-refractivity contribution < 1.29 is 17.9 Å². The third kappa shape index (κ3) is 4.92. The van der Waals surface area contributed by atoms with Gasteiger partial charge in [0.1, 0.15) is 12.4 Å². The third-order valence-corrected chi connectivity index (χ3v) is 8.31. The smallest absolute Gasteiger partial charge is 0.233 e. The topological polar surface area (TPSA) is 94.4 Å². The van der Waals surface area contributed by atoms with Crippen LogP contribution in [0, 0.1) is 0 Å². The van der Waals surface area contributed by atoms with Crippen LogP contribution in [0.5, 0.6) is 5.75 Å². The molecule has 11 heteroatoms. The molecule has 2 aromatic rings. The fourth-order valence-corrected chi connectivity index (χ4v) is 6.33. The van der Waals surface area contributed by atoms with Gasteiger partial charge in [-0.05, 0) is 31.4 Å². The summed E-state index contributed by atoms with van der Waals surface area (Å²) in [6.45, 7) is 0.238. The van der Waals surface area contributed by atoms with Crippen LogP contribution < -0.4 is 4.74 Å². The molecule has 1 amide bonds. The summed E-state index contributed by atoms with van der Waals surface area (Å²) in [6, 6.07) is 7.33. The minimum absolute atomic E-state index is 0.0433. The Bertz CT molecular complexity index is 1040. The Hall–Kier alpha value is -1.78. The van der Waals surface area contributed by atoms with Crippen molar-refractivity contribution in [3.63, 3.8) is 0 Å². The summed E-state index contributed by atoms with van der Waals surface area (Å²) >= 11 is 7.47. The highest BCUT2D eigenvalue weighted by atomic mass is 35.5. The predicted molar refractivity (Wildman–Crippen MR) is 115 cm³/mol. The Morgan fingerprint density at radius 2 is 2.07 bits per heavy atom. The van der Waals surface area contributed by atoms with E-state index in [9.17, 15) is 13.2 Å². The predicted octanol–water partition coefficient (Wildman–Crippen LogP) is 2.58. The molecule has 0 bridgehead atoms. The van der Waals surface area contributed by atoms with Crippen molar-refractivity contribution in [2.24, 2.45) is 0 Å². The van der Waals surface area contributed by atoms with Crippen molar-refractivity contribution in [3.8, 4) is 5.75 Å². The molecule has 2 fully saturated rings. The summed E-state index contributed by atoms with van der Waals surface area (Å²) in [5.74, 6) is 1.55. The molecule has 1 atom stereocenters. The number of carbonyl (C=O) groups is 1. The Morgan fingerprint density at radius 3 is 2.73 bits per heavy atom. The van der Waals surface area contributed by atoms with E-state index in [2.05, 4.69) is 10.2 Å². The van der Waals surface area contributed by atoms with Crippen LogP contribution in [0.4, 0.5) is 0 Å². The Balaban J connectivity index is 1.39. The van der Waals surface area contributed by atoms with Crippen molar-refractivity contribution in [1.82, 2.24) is 19.7 Å². The highest BCUT2D eigenvalue weighted by Crippen LogP contribution is 2.39. The monoisotopic (exact) mass is 470 g/mol. The first kappa shape index (κ1) is 21.5. The van der Waals surface area contributed by atoms with E-state index in [1.165, 1.54) is 11.8 Å². The molecule has 162 valence electrons. The number of rotatable bonds is 8. The van der Waals surface area contributed by atoms with Gasteiger partial charge in [0.15, 0.2) is 20.8 Å². The summed E-state index contributed by atoms with van der Waals surface area (Å²) < 4.78 is 31.2. The number of sulfone groups is 1. The van der Waals surface area contributed by atoms with Crippen LogP contribution in [0.2, 0.25) is 5.02 Å². The zero-order valence-corrected chi connectivity index (χ0v) is 18.9. The van der Waals surface area contributed by atoms with Gasteiger partial charge in [-0.1, -0.05) is 35.5 Å². The first-order chi connectivity index (χ1) is 14.3. The number of nitrogens with zero attached hydrogens (tertiary/aromatic N) is 4. The molecule has 1 aromatic heterocycles. The van der Waals surface area contributed by atoms with E-state index in [4.69, 9.17) is 16.3 Å². The van der Waals surface area contributed by atoms with Gasteiger partial charge in [-0.25, -0.2) is 8.42 Å². The van der Waals surface area contributed by atoms with Gasteiger partial charge in [0.2, 0.25) is 5.91 Å². The quantitative estimate of drug-likeness (QED) is 0.547. The average Bonchev–Trinajstić information content (AvgIpc) is 3.37. The lowest BCUT2D eigenvalue weighted by Crippen LogP contribution is -2.38. The lowest BCUT2D eigenvalue weighted by Gasteiger charge is -2.23. The highest BCUT2D eigenvalue weighted by Gasteiger charge is 2.33. The largest absolute Gasteiger partial charge is 0.484 e. The van der Waals surface area contributed by atoms with Crippen LogP contribution >= 0.6 is 23.4 Å². The van der Waals surface area contributed by atoms with Crippen LogP contribution in [0.1, 0.15) is 31.1 Å². The minimum atomic E-state index is -3.03. The minimum Gasteiger partial charge on any atom is -0.484 e. The summed E-state index contributed by atoms with van der Waals surface area (Å²) in [4.78, 5) is 14.1. The fourth-order valence-electron chi connectivity index (χ4n) is 3.42. The number of carbonyl (C=O) groups excluding carboxylic acids is 1. The van der Waals surface area contributed by atoms with Gasteiger partial charge < -0.3 is 9.64 Å². The third-order valence-electron chi connectivity index (χ3n) is 5.31. The molecule has 1 saturated carbocycles. The maximum absolute atomic E-state index is 12.6. The first-order valence-corrected chi connectivity index (χ1v) is 12.9. The first-order valence-electron chi connectivity index (χ1n) is 9.74. The summed E-state index contributed by atoms with van der Waals surface area (Å²) in [5.41, 5.74) is 0. The second kappa shape index (κ2) is 8.76. The molecule has 0 unspecified atom stereocenters. The van der Waals surface area contributed by atoms with Crippen molar-refractivity contribution in [3.05, 3.63) is 35.1 Å². The normalized spacial score (nSPS) is 20.3. The van der Waals surface area contributed by atoms with Gasteiger partial charge in [-0.2, -0.15) is 0 Å². The van der Waals surface area contributed by atoms with Crippen molar-refractivity contribution in [1.29, 1.82) is 0 Å². The van der Waals surface area contributed by atoms with Crippen molar-refractivity contribution in [2.75, 3.05) is 24.3 Å². The summed E-state index contributed by atoms with van der Waals surface area (Å²) in [5, 5.41) is 9.73. The van der Waals surface area contributed by atoms with Gasteiger partial charge in [-0.3, -0.25) is 9.36 Å². The fraction of sp³-hybridized carbons (Fsp3) is 0.526. The van der Waals surface area contributed by atoms with Gasteiger partial charge >= 0.3 is 0 Å². The molecule has 8 nitrogen and oxygen atoms in total. The number of halogens is 1. The van der Waals surface area contributed by atoms with Gasteiger partial charge in [0, 0.05) is 19.1 Å². The number of benzene rings is 1. The molecular formula is C19H23ClN4O4S2. The van der Waals surface area contributed by atoms with E-state index in [0.717, 1.165) is 12.8 Å². The van der Waals surface area contributed by atoms with E-state index in [0.29, 0.717) is 34.2 Å². The number of hydrogen-bond donors (Lipinski definition) is 0. The molecule has 0 radical (unpaired) electrons. The average molecular weight is 471 g/mol. The zero-order chi connectivity index (χ0) is 21.3. The molecule has 1 aliphatic carbocycles. The van der Waals surface area contributed by atoms with Crippen molar-refractivity contribution >= 4 is 39.1 Å². The molecule has 1 aromatic carbocycles. The van der Waals surface area contributed by atoms with E-state index < -0.39 is 9.84 Å². The maximum atomic E-state index is 12.6. The van der Waals surface area contributed by atoms with Gasteiger partial charge in [-0.15, -0.1) is 10.2 Å². The van der Waals surface area contributed by atoms with Gasteiger partial charge in [0.05, 0.1) is 22.3 Å². The van der Waals surface area contributed by atoms with Crippen molar-refractivity contribution in [2.45, 2.75) is 43.1 Å².